The zero-order valence-electron chi connectivity index (χ0n) is 48.3. The minimum Gasteiger partial charge on any atom is -0.364 e. The standard InChI is InChI=1S/C79H78O/c1-6-10-14-18-22-42-55-37-59-48-30-34-53-67-54-35-31-49(65(48)67)60(59)38-56(55)43(23-19-15-11-7-2)69-68(42)70-50-27-26-41(5)36-63(50)73(69)72-52-33-29-47-62-40-58-45(25-21-17-13-9-4)75-74(78-76(53)77(54)79(75)80-78)44(24-20-16-12-8-3)57(58)39-61(62)46-28-32-51(71(70)72)66(52)64(46)47/h26-40,70-73,76-79H,6-25H2,1-5H3/t70-,71+,72+,73+,76-,77+,78-,79+/m1/s1. The lowest BCUT2D eigenvalue weighted by atomic mass is 9.51. The second-order valence-electron chi connectivity index (χ2n) is 27.2. The molecule has 0 radical (unpaired) electrons. The Labute approximate surface area is 474 Å². The third-order valence-electron chi connectivity index (χ3n) is 23.2. The molecule has 0 saturated carbocycles. The van der Waals surface area contributed by atoms with Crippen LogP contribution in [0.5, 0.6) is 0 Å². The van der Waals surface area contributed by atoms with E-state index in [0.29, 0.717) is 35.5 Å². The smallest absolute Gasteiger partial charge is 0.0915 e. The van der Waals surface area contributed by atoms with Gasteiger partial charge in [-0.25, -0.2) is 0 Å². The van der Waals surface area contributed by atoms with E-state index in [1.807, 2.05) is 0 Å². The van der Waals surface area contributed by atoms with Crippen molar-refractivity contribution in [1.82, 2.24) is 0 Å². The van der Waals surface area contributed by atoms with Crippen molar-refractivity contribution in [3.63, 3.8) is 0 Å². The molecule has 0 N–H and O–H groups in total. The molecule has 1 fully saturated rings. The van der Waals surface area contributed by atoms with Crippen molar-refractivity contribution in [3.8, 4) is 44.5 Å². The van der Waals surface area contributed by atoms with Gasteiger partial charge in [-0.3, -0.25) is 0 Å². The zero-order valence-corrected chi connectivity index (χ0v) is 48.3. The molecule has 7 aliphatic carbocycles. The summed E-state index contributed by atoms with van der Waals surface area (Å²) < 4.78 is 7.74. The summed E-state index contributed by atoms with van der Waals surface area (Å²) in [5.74, 6) is 2.14. The zero-order chi connectivity index (χ0) is 53.0. The normalized spacial score (nSPS) is 22.8. The molecule has 400 valence electrons. The van der Waals surface area contributed by atoms with Gasteiger partial charge in [0.05, 0.1) is 12.2 Å². The highest BCUT2D eigenvalue weighted by Crippen LogP contribution is 2.74. The quantitative estimate of drug-likeness (QED) is 0.0691. The first-order chi connectivity index (χ1) is 39.5. The van der Waals surface area contributed by atoms with Gasteiger partial charge in [0.2, 0.25) is 0 Å². The van der Waals surface area contributed by atoms with Gasteiger partial charge >= 0.3 is 0 Å². The molecule has 9 aromatic carbocycles. The summed E-state index contributed by atoms with van der Waals surface area (Å²) in [6, 6.07) is 40.0. The summed E-state index contributed by atoms with van der Waals surface area (Å²) in [6.45, 7) is 11.9. The van der Waals surface area contributed by atoms with Crippen LogP contribution in [0.1, 0.15) is 262 Å². The number of aryl methyl sites for hydroxylation is 5. The summed E-state index contributed by atoms with van der Waals surface area (Å²) in [5.41, 5.74) is 36.4. The summed E-state index contributed by atoms with van der Waals surface area (Å²) >= 11 is 0. The Balaban J connectivity index is 0.978. The average molecular weight is 1040 g/mol. The van der Waals surface area contributed by atoms with Crippen LogP contribution in [0.3, 0.4) is 0 Å². The molecule has 9 aromatic rings. The summed E-state index contributed by atoms with van der Waals surface area (Å²) in [6.07, 6.45) is 25.2. The van der Waals surface area contributed by atoms with Crippen LogP contribution in [0, 0.1) is 6.92 Å². The Morgan fingerprint density at radius 3 is 1.01 bits per heavy atom. The first kappa shape index (κ1) is 47.6. The van der Waals surface area contributed by atoms with E-state index in [1.165, 1.54) is 153 Å². The molecule has 0 aromatic heterocycles. The minimum atomic E-state index is 0.0823. The lowest BCUT2D eigenvalue weighted by Gasteiger charge is -2.51. The molecule has 4 bridgehead atoms. The van der Waals surface area contributed by atoms with Crippen molar-refractivity contribution < 1.29 is 4.74 Å². The molecule has 18 rings (SSSR count). The summed E-state index contributed by atoms with van der Waals surface area (Å²) in [5, 5.41) is 12.6. The number of hydrogen-bond donors (Lipinski definition) is 0. The predicted octanol–water partition coefficient (Wildman–Crippen LogP) is 22.2. The monoisotopic (exact) mass is 1040 g/mol. The fourth-order valence-electron chi connectivity index (χ4n) is 20.2. The van der Waals surface area contributed by atoms with Gasteiger partial charge in [-0.1, -0.05) is 177 Å². The maximum atomic E-state index is 7.74. The van der Waals surface area contributed by atoms with Crippen LogP contribution < -0.4 is 0 Å². The highest BCUT2D eigenvalue weighted by molar-refractivity contribution is 6.22. The second kappa shape index (κ2) is 17.5. The van der Waals surface area contributed by atoms with Gasteiger partial charge in [0.15, 0.2) is 0 Å². The second-order valence-corrected chi connectivity index (χ2v) is 27.2. The molecule has 1 heteroatoms. The van der Waals surface area contributed by atoms with Crippen LogP contribution in [0.4, 0.5) is 0 Å². The van der Waals surface area contributed by atoms with Crippen molar-refractivity contribution in [1.29, 1.82) is 0 Å². The van der Waals surface area contributed by atoms with E-state index in [1.54, 1.807) is 121 Å². The van der Waals surface area contributed by atoms with Crippen molar-refractivity contribution in [2.75, 3.05) is 0 Å². The first-order valence-electron chi connectivity index (χ1n) is 32.8. The lowest BCUT2D eigenvalue weighted by Crippen LogP contribution is -2.37. The van der Waals surface area contributed by atoms with Crippen molar-refractivity contribution in [3.05, 3.63) is 174 Å². The molecule has 9 aliphatic rings. The van der Waals surface area contributed by atoms with E-state index in [0.717, 1.165) is 25.7 Å². The maximum Gasteiger partial charge on any atom is 0.0915 e. The van der Waals surface area contributed by atoms with Crippen molar-refractivity contribution in [2.45, 2.75) is 211 Å². The molecule has 80 heavy (non-hydrogen) atoms. The Kier molecular flexibility index (Phi) is 10.4. The maximum absolute atomic E-state index is 7.74. The number of ether oxygens (including phenoxy) is 1. The fourth-order valence-corrected chi connectivity index (χ4v) is 20.2. The summed E-state index contributed by atoms with van der Waals surface area (Å²) in [4.78, 5) is 0. The Morgan fingerprint density at radius 1 is 0.300 bits per heavy atom. The van der Waals surface area contributed by atoms with Crippen LogP contribution in [-0.4, -0.2) is 0 Å². The van der Waals surface area contributed by atoms with Crippen molar-refractivity contribution in [2.24, 2.45) is 0 Å². The van der Waals surface area contributed by atoms with Gasteiger partial charge in [-0.2, -0.15) is 0 Å². The number of benzene rings is 9. The third-order valence-corrected chi connectivity index (χ3v) is 23.2. The van der Waals surface area contributed by atoms with Gasteiger partial charge in [0.25, 0.3) is 0 Å². The van der Waals surface area contributed by atoms with E-state index >= 15 is 0 Å². The van der Waals surface area contributed by atoms with Crippen LogP contribution in [0.2, 0.25) is 0 Å². The highest BCUT2D eigenvalue weighted by atomic mass is 16.5. The number of rotatable bonds is 20. The molecule has 0 amide bonds. The van der Waals surface area contributed by atoms with E-state index in [9.17, 15) is 0 Å². The Hall–Kier alpha value is -6.02. The van der Waals surface area contributed by atoms with Gasteiger partial charge in [0, 0.05) is 35.5 Å². The van der Waals surface area contributed by atoms with E-state index in [-0.39, 0.29) is 12.2 Å². The molecule has 2 heterocycles. The molecule has 1 saturated heterocycles. The number of unbranched alkanes of at least 4 members (excludes halogenated alkanes) is 12. The SMILES string of the molecule is CCCCCCc1c2c3c(CCCCCC)c4cc5c(cc14)-c1ccc4c6c(ccc-5c16)[C@@H]1[C@H]4[C@H]4O[C@@H]1c1c4c(CCCCCC)c4cc5c(cc4c1CCCCCC)-c1ccc4c6c(ccc-5c16)[C@@H]1[C@H]2c2cc(C)ccc2[C@H]3[C@H]41. The molecular formula is C79H78O. The topological polar surface area (TPSA) is 9.23 Å². The van der Waals surface area contributed by atoms with E-state index in [4.69, 9.17) is 4.74 Å². The number of hydrogen-bond acceptors (Lipinski definition) is 1. The van der Waals surface area contributed by atoms with Crippen molar-refractivity contribution >= 4 is 43.1 Å². The van der Waals surface area contributed by atoms with Gasteiger partial charge in [-0.15, -0.1) is 0 Å². The highest BCUT2D eigenvalue weighted by Gasteiger charge is 2.60. The van der Waals surface area contributed by atoms with E-state index < -0.39 is 0 Å². The van der Waals surface area contributed by atoms with Crippen LogP contribution >= 0.6 is 0 Å². The Bertz CT molecular complexity index is 4140. The molecule has 8 atom stereocenters. The molecule has 1 nitrogen and oxygen atoms in total. The van der Waals surface area contributed by atoms with Crippen LogP contribution in [0.15, 0.2) is 91.0 Å². The molecule has 2 aliphatic heterocycles. The third kappa shape index (κ3) is 5.95. The number of fused-ring (bicyclic) bond motifs is 18. The molecule has 0 unspecified atom stereocenters. The Morgan fingerprint density at radius 2 is 0.637 bits per heavy atom. The molecule has 0 spiro atoms. The lowest BCUT2D eigenvalue weighted by molar-refractivity contribution is 0.0632. The predicted molar refractivity (Wildman–Crippen MR) is 336 cm³/mol. The van der Waals surface area contributed by atoms with Gasteiger partial charge < -0.3 is 4.74 Å². The van der Waals surface area contributed by atoms with E-state index in [2.05, 4.69) is 126 Å². The van der Waals surface area contributed by atoms with Crippen LogP contribution in [0.25, 0.3) is 87.6 Å². The minimum absolute atomic E-state index is 0.0823. The largest absolute Gasteiger partial charge is 0.364 e. The first-order valence-corrected chi connectivity index (χ1v) is 32.8. The van der Waals surface area contributed by atoms with Crippen LogP contribution in [-0.2, 0) is 30.4 Å². The van der Waals surface area contributed by atoms with Gasteiger partial charge in [-0.05, 0) is 248 Å². The van der Waals surface area contributed by atoms with Gasteiger partial charge in [0.1, 0.15) is 0 Å². The summed E-state index contributed by atoms with van der Waals surface area (Å²) in [7, 11) is 0. The average Bonchev–Trinajstić information content (AvgIpc) is 2.28. The molecular weight excluding hydrogens is 965 g/mol. The fraction of sp³-hybridized carbons (Fsp3) is 0.418.